The second-order valence-electron chi connectivity index (χ2n) is 5.54. The molecule has 0 atom stereocenters. The van der Waals surface area contributed by atoms with Crippen LogP contribution in [0, 0.1) is 0 Å². The molecular formula is C15H24N2O2. The fourth-order valence-electron chi connectivity index (χ4n) is 2.91. The average molecular weight is 264 g/mol. The molecule has 1 aromatic rings. The number of aliphatic hydroxyl groups is 1. The molecule has 1 saturated carbocycles. The van der Waals surface area contributed by atoms with E-state index in [1.165, 1.54) is 6.42 Å². The summed E-state index contributed by atoms with van der Waals surface area (Å²) in [5.41, 5.74) is 0.289. The van der Waals surface area contributed by atoms with Gasteiger partial charge in [-0.15, -0.1) is 0 Å². The summed E-state index contributed by atoms with van der Waals surface area (Å²) >= 11 is 0. The van der Waals surface area contributed by atoms with Crippen molar-refractivity contribution in [1.82, 2.24) is 9.88 Å². The topological polar surface area (TPSA) is 54.3 Å². The summed E-state index contributed by atoms with van der Waals surface area (Å²) < 4.78 is 1.98. The van der Waals surface area contributed by atoms with E-state index in [0.717, 1.165) is 38.6 Å². The molecular weight excluding hydrogens is 240 g/mol. The normalized spacial score (nSPS) is 18.2. The van der Waals surface area contributed by atoms with E-state index < -0.39 is 5.54 Å². The van der Waals surface area contributed by atoms with Crippen molar-refractivity contribution in [3.8, 4) is 0 Å². The summed E-state index contributed by atoms with van der Waals surface area (Å²) in [6, 6.07) is 3.75. The highest BCUT2D eigenvalue weighted by Gasteiger charge is 2.33. The predicted octanol–water partition coefficient (Wildman–Crippen LogP) is 2.32. The van der Waals surface area contributed by atoms with Crippen LogP contribution in [-0.2, 0) is 6.54 Å². The molecule has 2 N–H and O–H groups in total. The van der Waals surface area contributed by atoms with Crippen LogP contribution in [0.3, 0.4) is 0 Å². The minimum Gasteiger partial charge on any atom is -0.394 e. The number of carbonyl (C=O) groups excluding carboxylic acids is 1. The third-order valence-corrected chi connectivity index (χ3v) is 4.02. The van der Waals surface area contributed by atoms with E-state index in [-0.39, 0.29) is 12.5 Å². The smallest absolute Gasteiger partial charge is 0.268 e. The van der Waals surface area contributed by atoms with Crippen LogP contribution >= 0.6 is 0 Å². The monoisotopic (exact) mass is 264 g/mol. The Morgan fingerprint density at radius 2 is 2.16 bits per heavy atom. The van der Waals surface area contributed by atoms with Crippen molar-refractivity contribution in [2.75, 3.05) is 6.61 Å². The van der Waals surface area contributed by atoms with E-state index in [9.17, 15) is 9.90 Å². The molecule has 1 heterocycles. The summed E-state index contributed by atoms with van der Waals surface area (Å²) in [4.78, 5) is 12.4. The van der Waals surface area contributed by atoms with Crippen molar-refractivity contribution in [3.63, 3.8) is 0 Å². The van der Waals surface area contributed by atoms with Gasteiger partial charge in [0.15, 0.2) is 0 Å². The Labute approximate surface area is 114 Å². The summed E-state index contributed by atoms with van der Waals surface area (Å²) in [5.74, 6) is -0.0607. The zero-order valence-electron chi connectivity index (χ0n) is 11.7. The molecule has 4 heteroatoms. The second kappa shape index (κ2) is 6.24. The first-order valence-corrected chi connectivity index (χ1v) is 7.29. The van der Waals surface area contributed by atoms with Gasteiger partial charge in [0.25, 0.3) is 5.91 Å². The van der Waals surface area contributed by atoms with Crippen LogP contribution in [0.1, 0.15) is 55.9 Å². The molecule has 19 heavy (non-hydrogen) atoms. The van der Waals surface area contributed by atoms with Gasteiger partial charge in [-0.3, -0.25) is 4.79 Å². The molecule has 4 nitrogen and oxygen atoms in total. The van der Waals surface area contributed by atoms with E-state index in [2.05, 4.69) is 12.2 Å². The van der Waals surface area contributed by atoms with Crippen molar-refractivity contribution in [2.45, 2.75) is 57.5 Å². The van der Waals surface area contributed by atoms with Crippen LogP contribution in [-0.4, -0.2) is 27.7 Å². The third-order valence-electron chi connectivity index (χ3n) is 4.02. The van der Waals surface area contributed by atoms with Crippen molar-refractivity contribution in [2.24, 2.45) is 0 Å². The minimum atomic E-state index is -0.406. The van der Waals surface area contributed by atoms with Gasteiger partial charge in [-0.2, -0.15) is 0 Å². The van der Waals surface area contributed by atoms with Crippen LogP contribution in [0.5, 0.6) is 0 Å². The Kier molecular flexibility index (Phi) is 4.64. The zero-order chi connectivity index (χ0) is 13.7. The van der Waals surface area contributed by atoms with E-state index in [0.29, 0.717) is 5.69 Å². The predicted molar refractivity (Wildman–Crippen MR) is 75.1 cm³/mol. The zero-order valence-corrected chi connectivity index (χ0v) is 11.7. The van der Waals surface area contributed by atoms with Gasteiger partial charge in [-0.1, -0.05) is 26.2 Å². The van der Waals surface area contributed by atoms with Crippen molar-refractivity contribution in [3.05, 3.63) is 24.0 Å². The Morgan fingerprint density at radius 1 is 1.42 bits per heavy atom. The average Bonchev–Trinajstić information content (AvgIpc) is 2.88. The number of carbonyl (C=O) groups is 1. The SMILES string of the molecule is CCCn1cccc1C(=O)NC1(CO)CCCCC1. The number of amides is 1. The van der Waals surface area contributed by atoms with Crippen LogP contribution in [0.4, 0.5) is 0 Å². The highest BCUT2D eigenvalue weighted by molar-refractivity contribution is 5.93. The summed E-state index contributed by atoms with van der Waals surface area (Å²) in [6.45, 7) is 2.98. The molecule has 1 aliphatic rings. The van der Waals surface area contributed by atoms with Gasteiger partial charge >= 0.3 is 0 Å². The van der Waals surface area contributed by atoms with E-state index in [1.807, 2.05) is 22.9 Å². The largest absolute Gasteiger partial charge is 0.394 e. The molecule has 0 unspecified atom stereocenters. The van der Waals surface area contributed by atoms with E-state index >= 15 is 0 Å². The molecule has 0 saturated heterocycles. The molecule has 1 aliphatic carbocycles. The quantitative estimate of drug-likeness (QED) is 0.857. The van der Waals surface area contributed by atoms with Crippen molar-refractivity contribution in [1.29, 1.82) is 0 Å². The molecule has 2 rings (SSSR count). The van der Waals surface area contributed by atoms with Gasteiger partial charge in [-0.25, -0.2) is 0 Å². The Morgan fingerprint density at radius 3 is 2.79 bits per heavy atom. The first-order chi connectivity index (χ1) is 9.21. The van der Waals surface area contributed by atoms with E-state index in [1.54, 1.807) is 0 Å². The minimum absolute atomic E-state index is 0.0349. The third kappa shape index (κ3) is 3.18. The van der Waals surface area contributed by atoms with Crippen LogP contribution < -0.4 is 5.32 Å². The first-order valence-electron chi connectivity index (χ1n) is 7.29. The lowest BCUT2D eigenvalue weighted by Gasteiger charge is -2.36. The second-order valence-corrected chi connectivity index (χ2v) is 5.54. The van der Waals surface area contributed by atoms with Crippen LogP contribution in [0.15, 0.2) is 18.3 Å². The number of aliphatic hydroxyl groups excluding tert-OH is 1. The van der Waals surface area contributed by atoms with Gasteiger partial charge < -0.3 is 15.0 Å². The van der Waals surface area contributed by atoms with Gasteiger partial charge in [0.2, 0.25) is 0 Å². The maximum Gasteiger partial charge on any atom is 0.268 e. The van der Waals surface area contributed by atoms with E-state index in [4.69, 9.17) is 0 Å². The Balaban J connectivity index is 2.08. The number of nitrogens with zero attached hydrogens (tertiary/aromatic N) is 1. The molecule has 0 bridgehead atoms. The summed E-state index contributed by atoms with van der Waals surface area (Å²) in [6.07, 6.45) is 8.05. The maximum atomic E-state index is 12.4. The van der Waals surface area contributed by atoms with Gasteiger partial charge in [0, 0.05) is 12.7 Å². The fourth-order valence-corrected chi connectivity index (χ4v) is 2.91. The lowest BCUT2D eigenvalue weighted by atomic mass is 9.82. The summed E-state index contributed by atoms with van der Waals surface area (Å²) in [7, 11) is 0. The molecule has 0 radical (unpaired) electrons. The number of aromatic nitrogens is 1. The summed E-state index contributed by atoms with van der Waals surface area (Å²) in [5, 5.41) is 12.7. The van der Waals surface area contributed by atoms with Crippen molar-refractivity contribution >= 4 is 5.91 Å². The molecule has 106 valence electrons. The molecule has 0 aromatic carbocycles. The van der Waals surface area contributed by atoms with Gasteiger partial charge in [0.05, 0.1) is 12.1 Å². The van der Waals surface area contributed by atoms with Gasteiger partial charge in [0.1, 0.15) is 5.69 Å². The highest BCUT2D eigenvalue weighted by atomic mass is 16.3. The van der Waals surface area contributed by atoms with Gasteiger partial charge in [-0.05, 0) is 31.4 Å². The number of aryl methyl sites for hydroxylation is 1. The fraction of sp³-hybridized carbons (Fsp3) is 0.667. The lowest BCUT2D eigenvalue weighted by molar-refractivity contribution is 0.0750. The molecule has 1 aromatic heterocycles. The molecule has 1 fully saturated rings. The Hall–Kier alpha value is -1.29. The highest BCUT2D eigenvalue weighted by Crippen LogP contribution is 2.28. The van der Waals surface area contributed by atoms with Crippen molar-refractivity contribution < 1.29 is 9.90 Å². The maximum absolute atomic E-state index is 12.4. The molecule has 1 amide bonds. The first kappa shape index (κ1) is 14.1. The van der Waals surface area contributed by atoms with Crippen LogP contribution in [0.2, 0.25) is 0 Å². The Bertz CT molecular complexity index is 420. The molecule has 0 aliphatic heterocycles. The number of nitrogens with one attached hydrogen (secondary N) is 1. The number of hydrogen-bond donors (Lipinski definition) is 2. The van der Waals surface area contributed by atoms with Crippen LogP contribution in [0.25, 0.3) is 0 Å². The number of hydrogen-bond acceptors (Lipinski definition) is 2. The number of rotatable bonds is 5. The molecule has 0 spiro atoms. The lowest BCUT2D eigenvalue weighted by Crippen LogP contribution is -2.52. The standard InChI is InChI=1S/C15H24N2O2/c1-2-10-17-11-6-7-13(17)14(19)16-15(12-18)8-4-3-5-9-15/h6-7,11,18H,2-5,8-10,12H2,1H3,(H,16,19).